The first kappa shape index (κ1) is 14.9. The van der Waals surface area contributed by atoms with Gasteiger partial charge in [-0.1, -0.05) is 48.5 Å². The number of nitrogens with zero attached hydrogens (tertiary/aromatic N) is 2. The molecule has 0 radical (unpaired) electrons. The molecule has 0 aliphatic rings. The molecule has 2 aromatic carbocycles. The second kappa shape index (κ2) is 6.31. The molecule has 0 aliphatic carbocycles. The maximum Gasteiger partial charge on any atom is 0.313 e. The van der Waals surface area contributed by atoms with Gasteiger partial charge >= 0.3 is 5.97 Å². The summed E-state index contributed by atoms with van der Waals surface area (Å²) in [6.45, 7) is 3.57. The Morgan fingerprint density at radius 3 is 2.05 bits per heavy atom. The van der Waals surface area contributed by atoms with Gasteiger partial charge in [0.1, 0.15) is 5.92 Å². The van der Waals surface area contributed by atoms with Gasteiger partial charge in [-0.25, -0.2) is 0 Å². The van der Waals surface area contributed by atoms with Gasteiger partial charge in [0.2, 0.25) is 0 Å². The number of carboxylic acid groups (broad SMARTS) is 1. The first-order valence-corrected chi connectivity index (χ1v) is 6.76. The molecule has 2 rings (SSSR count). The van der Waals surface area contributed by atoms with Crippen molar-refractivity contribution in [3.63, 3.8) is 0 Å². The summed E-state index contributed by atoms with van der Waals surface area (Å²) in [4.78, 5) is 11.7. The van der Waals surface area contributed by atoms with Crippen LogP contribution >= 0.6 is 0 Å². The summed E-state index contributed by atoms with van der Waals surface area (Å²) in [7, 11) is 0. The minimum absolute atomic E-state index is 0.711. The lowest BCUT2D eigenvalue weighted by atomic mass is 9.82. The molecule has 0 saturated heterocycles. The highest BCUT2D eigenvalue weighted by Gasteiger charge is 2.37. The summed E-state index contributed by atoms with van der Waals surface area (Å²) in [6.07, 6.45) is 0. The normalized spacial score (nSPS) is 13.2. The SMILES string of the molecule is CC(C)(N=Nc1ccccc1)C(C(=O)O)c1ccccc1. The molecule has 4 heteroatoms. The average Bonchev–Trinajstić information content (AvgIpc) is 2.47. The molecule has 0 bridgehead atoms. The lowest BCUT2D eigenvalue weighted by Crippen LogP contribution is -2.32. The Balaban J connectivity index is 2.31. The zero-order chi connectivity index (χ0) is 15.3. The van der Waals surface area contributed by atoms with Crippen LogP contribution in [0.15, 0.2) is 70.9 Å². The lowest BCUT2D eigenvalue weighted by Gasteiger charge is -2.26. The number of rotatable bonds is 5. The summed E-state index contributed by atoms with van der Waals surface area (Å²) < 4.78 is 0. The van der Waals surface area contributed by atoms with E-state index in [-0.39, 0.29) is 0 Å². The zero-order valence-corrected chi connectivity index (χ0v) is 12.1. The van der Waals surface area contributed by atoms with Gasteiger partial charge in [0.25, 0.3) is 0 Å². The molecule has 2 aromatic rings. The van der Waals surface area contributed by atoms with E-state index >= 15 is 0 Å². The van der Waals surface area contributed by atoms with Crippen molar-refractivity contribution in [3.05, 3.63) is 66.2 Å². The number of carboxylic acids is 1. The number of hydrogen-bond acceptors (Lipinski definition) is 3. The molecule has 0 aliphatic heterocycles. The Labute approximate surface area is 124 Å². The molecule has 4 nitrogen and oxygen atoms in total. The minimum atomic E-state index is -0.904. The number of benzene rings is 2. The van der Waals surface area contributed by atoms with E-state index in [1.807, 2.05) is 48.5 Å². The molecule has 0 heterocycles. The number of hydrogen-bond donors (Lipinski definition) is 1. The Bertz CT molecular complexity index is 622. The van der Waals surface area contributed by atoms with Crippen molar-refractivity contribution in [1.29, 1.82) is 0 Å². The van der Waals surface area contributed by atoms with Crippen LogP contribution in [0.2, 0.25) is 0 Å². The number of aliphatic carboxylic acids is 1. The van der Waals surface area contributed by atoms with Gasteiger partial charge in [0.15, 0.2) is 0 Å². The predicted molar refractivity (Wildman–Crippen MR) is 81.9 cm³/mol. The molecular formula is C17H18N2O2. The first-order chi connectivity index (χ1) is 10.0. The van der Waals surface area contributed by atoms with Gasteiger partial charge in [0, 0.05) is 0 Å². The predicted octanol–water partition coefficient (Wildman–Crippen LogP) is 4.42. The lowest BCUT2D eigenvalue weighted by molar-refractivity contribution is -0.140. The Kier molecular flexibility index (Phi) is 4.48. The standard InChI is InChI=1S/C17H18N2O2/c1-17(2,19-18-14-11-7-4-8-12-14)15(16(20)21)13-9-5-3-6-10-13/h3-12,15H,1-2H3,(H,20,21). The van der Waals surface area contributed by atoms with E-state index in [2.05, 4.69) is 10.2 Å². The summed E-state index contributed by atoms with van der Waals surface area (Å²) in [5.41, 5.74) is 0.591. The largest absolute Gasteiger partial charge is 0.481 e. The topological polar surface area (TPSA) is 62.0 Å². The van der Waals surface area contributed by atoms with E-state index in [1.54, 1.807) is 26.0 Å². The van der Waals surface area contributed by atoms with E-state index in [1.165, 1.54) is 0 Å². The van der Waals surface area contributed by atoms with E-state index < -0.39 is 17.4 Å². The highest BCUT2D eigenvalue weighted by atomic mass is 16.4. The highest BCUT2D eigenvalue weighted by Crippen LogP contribution is 2.32. The third kappa shape index (κ3) is 3.75. The Hall–Kier alpha value is -2.49. The highest BCUT2D eigenvalue weighted by molar-refractivity contribution is 5.78. The van der Waals surface area contributed by atoms with Crippen LogP contribution in [0.3, 0.4) is 0 Å². The van der Waals surface area contributed by atoms with E-state index in [0.29, 0.717) is 5.69 Å². The summed E-state index contributed by atoms with van der Waals surface area (Å²) in [6, 6.07) is 18.4. The van der Waals surface area contributed by atoms with Crippen LogP contribution in [-0.2, 0) is 4.79 Å². The molecule has 0 saturated carbocycles. The van der Waals surface area contributed by atoms with Gasteiger partial charge in [-0.15, -0.1) is 0 Å². The second-order valence-corrected chi connectivity index (χ2v) is 5.37. The fourth-order valence-corrected chi connectivity index (χ4v) is 2.24. The molecule has 108 valence electrons. The van der Waals surface area contributed by atoms with Crippen molar-refractivity contribution in [2.24, 2.45) is 10.2 Å². The van der Waals surface area contributed by atoms with Crippen LogP contribution in [0.1, 0.15) is 25.3 Å². The summed E-state index contributed by atoms with van der Waals surface area (Å²) >= 11 is 0. The zero-order valence-electron chi connectivity index (χ0n) is 12.1. The van der Waals surface area contributed by atoms with Crippen molar-refractivity contribution < 1.29 is 9.90 Å². The van der Waals surface area contributed by atoms with Gasteiger partial charge in [-0.2, -0.15) is 10.2 Å². The summed E-state index contributed by atoms with van der Waals surface area (Å²) in [5.74, 6) is -1.65. The summed E-state index contributed by atoms with van der Waals surface area (Å²) in [5, 5.41) is 18.0. The maximum absolute atomic E-state index is 11.7. The van der Waals surface area contributed by atoms with Crippen LogP contribution in [-0.4, -0.2) is 16.6 Å². The maximum atomic E-state index is 11.7. The Morgan fingerprint density at radius 2 is 1.52 bits per heavy atom. The van der Waals surface area contributed by atoms with Crippen LogP contribution in [0, 0.1) is 0 Å². The fraction of sp³-hybridized carbons (Fsp3) is 0.235. The smallest absolute Gasteiger partial charge is 0.313 e. The van der Waals surface area contributed by atoms with Crippen LogP contribution in [0.25, 0.3) is 0 Å². The van der Waals surface area contributed by atoms with Crippen LogP contribution < -0.4 is 0 Å². The van der Waals surface area contributed by atoms with Gasteiger partial charge in [-0.3, -0.25) is 4.79 Å². The Morgan fingerprint density at radius 1 is 1.00 bits per heavy atom. The average molecular weight is 282 g/mol. The van der Waals surface area contributed by atoms with E-state index in [4.69, 9.17) is 0 Å². The van der Waals surface area contributed by atoms with Gasteiger partial charge in [-0.05, 0) is 31.5 Å². The second-order valence-electron chi connectivity index (χ2n) is 5.37. The monoisotopic (exact) mass is 282 g/mol. The molecule has 1 atom stereocenters. The minimum Gasteiger partial charge on any atom is -0.481 e. The molecule has 1 N–H and O–H groups in total. The van der Waals surface area contributed by atoms with Gasteiger partial charge < -0.3 is 5.11 Å². The van der Waals surface area contributed by atoms with Crippen molar-refractivity contribution in [1.82, 2.24) is 0 Å². The molecule has 0 spiro atoms. The molecule has 21 heavy (non-hydrogen) atoms. The van der Waals surface area contributed by atoms with Gasteiger partial charge in [0.05, 0.1) is 11.2 Å². The third-order valence-electron chi connectivity index (χ3n) is 3.27. The number of azo groups is 1. The van der Waals surface area contributed by atoms with Crippen LogP contribution in [0.4, 0.5) is 5.69 Å². The molecule has 0 aromatic heterocycles. The number of carbonyl (C=O) groups is 1. The fourth-order valence-electron chi connectivity index (χ4n) is 2.24. The van der Waals surface area contributed by atoms with Crippen molar-refractivity contribution in [2.75, 3.05) is 0 Å². The van der Waals surface area contributed by atoms with Crippen molar-refractivity contribution in [3.8, 4) is 0 Å². The molecular weight excluding hydrogens is 264 g/mol. The molecule has 0 amide bonds. The first-order valence-electron chi connectivity index (χ1n) is 6.76. The molecule has 1 unspecified atom stereocenters. The third-order valence-corrected chi connectivity index (χ3v) is 3.27. The molecule has 0 fully saturated rings. The van der Waals surface area contributed by atoms with E-state index in [9.17, 15) is 9.90 Å². The van der Waals surface area contributed by atoms with Crippen molar-refractivity contribution in [2.45, 2.75) is 25.3 Å². The van der Waals surface area contributed by atoms with Crippen LogP contribution in [0.5, 0.6) is 0 Å². The quantitative estimate of drug-likeness (QED) is 0.825. The van der Waals surface area contributed by atoms with Crippen molar-refractivity contribution >= 4 is 11.7 Å². The van der Waals surface area contributed by atoms with E-state index in [0.717, 1.165) is 5.56 Å².